The minimum Gasteiger partial charge on any atom is -0.466 e. The van der Waals surface area contributed by atoms with Crippen molar-refractivity contribution in [2.75, 3.05) is 12.3 Å². The largest absolute Gasteiger partial charge is 0.466 e. The third-order valence-electron chi connectivity index (χ3n) is 1.81. The van der Waals surface area contributed by atoms with Crippen molar-refractivity contribution < 1.29 is 9.53 Å². The second kappa shape index (κ2) is 5.24. The number of nitrogen functional groups attached to an aromatic ring is 1. The van der Waals surface area contributed by atoms with Gasteiger partial charge in [-0.3, -0.25) is 4.79 Å². The molecule has 0 unspecified atom stereocenters. The third kappa shape index (κ3) is 3.29. The van der Waals surface area contributed by atoms with E-state index in [4.69, 9.17) is 33.7 Å². The van der Waals surface area contributed by atoms with E-state index in [0.717, 1.165) is 0 Å². The van der Waals surface area contributed by atoms with Crippen LogP contribution in [0.1, 0.15) is 12.5 Å². The van der Waals surface area contributed by atoms with Gasteiger partial charge in [-0.05, 0) is 24.6 Å². The molecule has 0 saturated heterocycles. The van der Waals surface area contributed by atoms with E-state index >= 15 is 0 Å². The zero-order valence-electron chi connectivity index (χ0n) is 8.22. The lowest BCUT2D eigenvalue weighted by atomic mass is 10.1. The molecular formula is C10H11Cl2NO2. The predicted molar refractivity (Wildman–Crippen MR) is 61.2 cm³/mol. The maximum Gasteiger partial charge on any atom is 0.310 e. The monoisotopic (exact) mass is 247 g/mol. The summed E-state index contributed by atoms with van der Waals surface area (Å²) < 4.78 is 4.80. The number of rotatable bonds is 3. The number of nitrogens with two attached hydrogens (primary N) is 1. The molecule has 2 N–H and O–H groups in total. The Hall–Kier alpha value is -0.930. The van der Waals surface area contributed by atoms with Crippen molar-refractivity contribution in [1.82, 2.24) is 0 Å². The Morgan fingerprint density at radius 3 is 2.67 bits per heavy atom. The van der Waals surface area contributed by atoms with Crippen molar-refractivity contribution >= 4 is 34.9 Å². The normalized spacial score (nSPS) is 10.1. The lowest BCUT2D eigenvalue weighted by Crippen LogP contribution is -2.08. The van der Waals surface area contributed by atoms with Crippen molar-refractivity contribution in [2.45, 2.75) is 13.3 Å². The van der Waals surface area contributed by atoms with Crippen LogP contribution in [0.2, 0.25) is 10.0 Å². The number of esters is 1. The highest BCUT2D eigenvalue weighted by molar-refractivity contribution is 6.35. The van der Waals surface area contributed by atoms with Gasteiger partial charge in [-0.25, -0.2) is 0 Å². The lowest BCUT2D eigenvalue weighted by molar-refractivity contribution is -0.142. The van der Waals surface area contributed by atoms with Crippen molar-refractivity contribution in [3.63, 3.8) is 0 Å². The lowest BCUT2D eigenvalue weighted by Gasteiger charge is -2.06. The first-order valence-corrected chi connectivity index (χ1v) is 5.19. The van der Waals surface area contributed by atoms with E-state index in [-0.39, 0.29) is 12.4 Å². The minimum absolute atomic E-state index is 0.104. The fourth-order valence-corrected chi connectivity index (χ4v) is 1.53. The van der Waals surface area contributed by atoms with Crippen LogP contribution in [0, 0.1) is 0 Å². The van der Waals surface area contributed by atoms with Crippen LogP contribution in [0.5, 0.6) is 0 Å². The van der Waals surface area contributed by atoms with Crippen LogP contribution in [0.3, 0.4) is 0 Å². The van der Waals surface area contributed by atoms with Crippen LogP contribution >= 0.6 is 23.2 Å². The van der Waals surface area contributed by atoms with Crippen LogP contribution in [-0.2, 0) is 16.0 Å². The molecule has 0 saturated carbocycles. The molecular weight excluding hydrogens is 237 g/mol. The molecule has 0 radical (unpaired) electrons. The summed E-state index contributed by atoms with van der Waals surface area (Å²) in [6, 6.07) is 3.11. The zero-order valence-corrected chi connectivity index (χ0v) is 9.73. The highest BCUT2D eigenvalue weighted by atomic mass is 35.5. The van der Waals surface area contributed by atoms with Gasteiger partial charge >= 0.3 is 5.97 Å². The van der Waals surface area contributed by atoms with Gasteiger partial charge in [0.1, 0.15) is 0 Å². The summed E-state index contributed by atoms with van der Waals surface area (Å²) in [4.78, 5) is 11.2. The quantitative estimate of drug-likeness (QED) is 0.660. The molecule has 0 atom stereocenters. The van der Waals surface area contributed by atoms with Crippen molar-refractivity contribution in [1.29, 1.82) is 0 Å². The van der Waals surface area contributed by atoms with Gasteiger partial charge in [0.25, 0.3) is 0 Å². The number of hydrogen-bond donors (Lipinski definition) is 1. The van der Waals surface area contributed by atoms with Gasteiger partial charge in [-0.1, -0.05) is 23.2 Å². The van der Waals surface area contributed by atoms with Gasteiger partial charge < -0.3 is 10.5 Å². The molecule has 0 bridgehead atoms. The molecule has 5 heteroatoms. The van der Waals surface area contributed by atoms with Crippen LogP contribution in [0.15, 0.2) is 12.1 Å². The number of carbonyl (C=O) groups is 1. The highest BCUT2D eigenvalue weighted by Gasteiger charge is 2.10. The van der Waals surface area contributed by atoms with Gasteiger partial charge in [0.2, 0.25) is 0 Å². The Kier molecular flexibility index (Phi) is 4.24. The third-order valence-corrected chi connectivity index (χ3v) is 2.49. The molecule has 0 fully saturated rings. The highest BCUT2D eigenvalue weighted by Crippen LogP contribution is 2.27. The van der Waals surface area contributed by atoms with Crippen LogP contribution in [-0.4, -0.2) is 12.6 Å². The number of ether oxygens (including phenoxy) is 1. The first kappa shape index (κ1) is 12.1. The topological polar surface area (TPSA) is 52.3 Å². The number of carbonyl (C=O) groups excluding carboxylic acids is 1. The number of halogens is 2. The maximum atomic E-state index is 11.2. The molecule has 1 aromatic carbocycles. The smallest absolute Gasteiger partial charge is 0.310 e. The van der Waals surface area contributed by atoms with E-state index in [1.807, 2.05) is 0 Å². The SMILES string of the molecule is CCOC(=O)Cc1cc(Cl)c(N)cc1Cl. The summed E-state index contributed by atoms with van der Waals surface area (Å²) in [7, 11) is 0. The number of anilines is 1. The zero-order chi connectivity index (χ0) is 11.4. The second-order valence-corrected chi connectivity index (χ2v) is 3.76. The molecule has 0 aromatic heterocycles. The summed E-state index contributed by atoms with van der Waals surface area (Å²) in [6.45, 7) is 2.09. The molecule has 0 aliphatic carbocycles. The number of hydrogen-bond acceptors (Lipinski definition) is 3. The average Bonchev–Trinajstić information content (AvgIpc) is 2.14. The first-order valence-electron chi connectivity index (χ1n) is 4.43. The predicted octanol–water partition coefficient (Wildman–Crippen LogP) is 2.68. The summed E-state index contributed by atoms with van der Waals surface area (Å²) >= 11 is 11.7. The van der Waals surface area contributed by atoms with Crippen molar-refractivity contribution in [3.8, 4) is 0 Å². The van der Waals surface area contributed by atoms with E-state index in [1.165, 1.54) is 6.07 Å². The van der Waals surface area contributed by atoms with Crippen molar-refractivity contribution in [2.24, 2.45) is 0 Å². The fourth-order valence-electron chi connectivity index (χ4n) is 1.11. The van der Waals surface area contributed by atoms with Gasteiger partial charge in [-0.15, -0.1) is 0 Å². The molecule has 3 nitrogen and oxygen atoms in total. The van der Waals surface area contributed by atoms with Gasteiger partial charge in [-0.2, -0.15) is 0 Å². The first-order chi connectivity index (χ1) is 7.04. The van der Waals surface area contributed by atoms with E-state index in [1.54, 1.807) is 13.0 Å². The second-order valence-electron chi connectivity index (χ2n) is 2.95. The van der Waals surface area contributed by atoms with Gasteiger partial charge in [0, 0.05) is 5.02 Å². The van der Waals surface area contributed by atoms with E-state index in [2.05, 4.69) is 0 Å². The molecule has 0 aliphatic heterocycles. The Balaban J connectivity index is 2.86. The Labute approximate surface area is 98.1 Å². The molecule has 1 aromatic rings. The van der Waals surface area contributed by atoms with Crippen molar-refractivity contribution in [3.05, 3.63) is 27.7 Å². The van der Waals surface area contributed by atoms with E-state index in [9.17, 15) is 4.79 Å². The maximum absolute atomic E-state index is 11.2. The molecule has 0 heterocycles. The van der Waals surface area contributed by atoms with Gasteiger partial charge in [0.05, 0.1) is 23.7 Å². The molecule has 0 amide bonds. The Bertz CT molecular complexity index is 380. The molecule has 0 aliphatic rings. The summed E-state index contributed by atoms with van der Waals surface area (Å²) in [6.07, 6.45) is 0.104. The summed E-state index contributed by atoms with van der Waals surface area (Å²) in [5, 5.41) is 0.809. The van der Waals surface area contributed by atoms with Crippen LogP contribution < -0.4 is 5.73 Å². The summed E-state index contributed by atoms with van der Waals surface area (Å²) in [5.41, 5.74) is 6.56. The Morgan fingerprint density at radius 1 is 1.40 bits per heavy atom. The summed E-state index contributed by atoms with van der Waals surface area (Å²) in [5.74, 6) is -0.333. The molecule has 15 heavy (non-hydrogen) atoms. The standard InChI is InChI=1S/C10H11Cl2NO2/c1-2-15-10(14)4-6-3-8(12)9(13)5-7(6)11/h3,5H,2,4,13H2,1H3. The Morgan fingerprint density at radius 2 is 2.07 bits per heavy atom. The van der Waals surface area contributed by atoms with Crippen LogP contribution in [0.25, 0.3) is 0 Å². The van der Waals surface area contributed by atoms with E-state index in [0.29, 0.717) is 27.9 Å². The average molecular weight is 248 g/mol. The molecule has 82 valence electrons. The number of benzene rings is 1. The minimum atomic E-state index is -0.333. The van der Waals surface area contributed by atoms with Gasteiger partial charge in [0.15, 0.2) is 0 Å². The fraction of sp³-hybridized carbons (Fsp3) is 0.300. The van der Waals surface area contributed by atoms with Crippen LogP contribution in [0.4, 0.5) is 5.69 Å². The van der Waals surface area contributed by atoms with E-state index < -0.39 is 0 Å². The molecule has 1 rings (SSSR count). The molecule has 0 spiro atoms.